The third-order valence-electron chi connectivity index (χ3n) is 4.23. The number of piperidine rings is 1. The molecule has 104 valence electrons. The highest BCUT2D eigenvalue weighted by molar-refractivity contribution is 7.12. The molecule has 0 spiro atoms. The number of rotatable bonds is 2. The van der Waals surface area contributed by atoms with E-state index in [0.717, 1.165) is 19.5 Å². The van der Waals surface area contributed by atoms with Crippen LogP contribution in [0.5, 0.6) is 0 Å². The van der Waals surface area contributed by atoms with Crippen molar-refractivity contribution in [1.82, 2.24) is 9.80 Å². The van der Waals surface area contributed by atoms with Crippen molar-refractivity contribution in [2.45, 2.75) is 31.7 Å². The minimum atomic E-state index is 0.122. The minimum absolute atomic E-state index is 0.122. The van der Waals surface area contributed by atoms with Crippen molar-refractivity contribution in [1.29, 1.82) is 0 Å². The number of anilines is 1. The molecule has 2 aliphatic rings. The van der Waals surface area contributed by atoms with Crippen molar-refractivity contribution in [3.63, 3.8) is 0 Å². The van der Waals surface area contributed by atoms with Gasteiger partial charge in [-0.3, -0.25) is 9.69 Å². The molecule has 1 unspecified atom stereocenters. The van der Waals surface area contributed by atoms with Crippen LogP contribution in [-0.4, -0.2) is 47.9 Å². The molecule has 5 heteroatoms. The molecule has 1 aromatic rings. The number of likely N-dealkylation sites (tertiary alicyclic amines) is 2. The molecule has 3 rings (SSSR count). The van der Waals surface area contributed by atoms with Crippen LogP contribution in [0.4, 0.5) is 5.69 Å². The summed E-state index contributed by atoms with van der Waals surface area (Å²) in [6.07, 6.45) is 4.95. The van der Waals surface area contributed by atoms with Crippen LogP contribution >= 0.6 is 11.3 Å². The van der Waals surface area contributed by atoms with Crippen molar-refractivity contribution in [2.24, 2.45) is 0 Å². The zero-order chi connectivity index (χ0) is 13.2. The second-order valence-electron chi connectivity index (χ2n) is 5.50. The fourth-order valence-corrected chi connectivity index (χ4v) is 3.97. The number of thiophene rings is 1. The monoisotopic (exact) mass is 279 g/mol. The maximum absolute atomic E-state index is 12.5. The molecule has 1 atom stereocenters. The maximum atomic E-state index is 12.5. The molecule has 2 N–H and O–H groups in total. The van der Waals surface area contributed by atoms with Crippen molar-refractivity contribution in [3.05, 3.63) is 16.3 Å². The summed E-state index contributed by atoms with van der Waals surface area (Å²) in [5, 5.41) is 1.89. The van der Waals surface area contributed by atoms with E-state index in [4.69, 9.17) is 5.73 Å². The predicted octanol–water partition coefficient (Wildman–Crippen LogP) is 2.03. The first kappa shape index (κ1) is 12.9. The van der Waals surface area contributed by atoms with Gasteiger partial charge >= 0.3 is 0 Å². The number of carbonyl (C=O) groups is 1. The smallest absolute Gasteiger partial charge is 0.266 e. The van der Waals surface area contributed by atoms with Crippen molar-refractivity contribution < 1.29 is 4.79 Å². The molecule has 3 heterocycles. The van der Waals surface area contributed by atoms with E-state index in [1.54, 1.807) is 0 Å². The number of amides is 1. The maximum Gasteiger partial charge on any atom is 0.266 e. The van der Waals surface area contributed by atoms with E-state index in [0.29, 0.717) is 16.6 Å². The van der Waals surface area contributed by atoms with Crippen LogP contribution in [0.1, 0.15) is 35.4 Å². The number of nitrogen functional groups attached to an aromatic ring is 1. The Morgan fingerprint density at radius 3 is 2.74 bits per heavy atom. The summed E-state index contributed by atoms with van der Waals surface area (Å²) in [7, 11) is 0. The van der Waals surface area contributed by atoms with Crippen LogP contribution in [0.3, 0.4) is 0 Å². The fourth-order valence-electron chi connectivity index (χ4n) is 3.18. The molecule has 0 aromatic carbocycles. The number of hydrogen-bond donors (Lipinski definition) is 1. The largest absolute Gasteiger partial charge is 0.397 e. The fraction of sp³-hybridized carbons (Fsp3) is 0.643. The first-order chi connectivity index (χ1) is 9.25. The molecule has 0 radical (unpaired) electrons. The molecule has 0 saturated carbocycles. The Balaban J connectivity index is 1.67. The number of nitrogens with zero attached hydrogens (tertiary/aromatic N) is 2. The summed E-state index contributed by atoms with van der Waals surface area (Å²) >= 11 is 1.45. The third kappa shape index (κ3) is 2.62. The highest BCUT2D eigenvalue weighted by Crippen LogP contribution is 2.25. The highest BCUT2D eigenvalue weighted by Gasteiger charge is 2.30. The zero-order valence-electron chi connectivity index (χ0n) is 11.2. The van der Waals surface area contributed by atoms with Crippen molar-refractivity contribution >= 4 is 22.9 Å². The van der Waals surface area contributed by atoms with Crippen LogP contribution in [0.25, 0.3) is 0 Å². The van der Waals surface area contributed by atoms with Crippen molar-refractivity contribution in [3.8, 4) is 0 Å². The zero-order valence-corrected chi connectivity index (χ0v) is 12.0. The molecule has 0 bridgehead atoms. The standard InChI is InChI=1S/C14H21N3OS/c15-12-5-9-19-13(12)14(18)17-8-3-4-11(10-17)16-6-1-2-7-16/h5,9,11H,1-4,6-8,10,15H2. The summed E-state index contributed by atoms with van der Waals surface area (Å²) in [5.41, 5.74) is 6.48. The predicted molar refractivity (Wildman–Crippen MR) is 78.5 cm³/mol. The normalized spacial score (nSPS) is 24.8. The van der Waals surface area contributed by atoms with Gasteiger partial charge in [0.15, 0.2) is 0 Å². The van der Waals surface area contributed by atoms with Gasteiger partial charge in [-0.25, -0.2) is 0 Å². The second-order valence-corrected chi connectivity index (χ2v) is 6.41. The lowest BCUT2D eigenvalue weighted by atomic mass is 10.0. The molecule has 1 aromatic heterocycles. The van der Waals surface area contributed by atoms with E-state index in [2.05, 4.69) is 4.90 Å². The van der Waals surface area contributed by atoms with Gasteiger partial charge in [0.25, 0.3) is 5.91 Å². The van der Waals surface area contributed by atoms with Crippen LogP contribution in [0.2, 0.25) is 0 Å². The van der Waals surface area contributed by atoms with E-state index in [9.17, 15) is 4.79 Å². The van der Waals surface area contributed by atoms with Gasteiger partial charge in [-0.15, -0.1) is 11.3 Å². The molecular formula is C14H21N3OS. The van der Waals surface area contributed by atoms with Gasteiger partial charge in [0.05, 0.1) is 5.69 Å². The molecule has 4 nitrogen and oxygen atoms in total. The van der Waals surface area contributed by atoms with Gasteiger partial charge < -0.3 is 10.6 Å². The van der Waals surface area contributed by atoms with Gasteiger partial charge in [0.2, 0.25) is 0 Å². The average molecular weight is 279 g/mol. The Morgan fingerprint density at radius 1 is 1.26 bits per heavy atom. The van der Waals surface area contributed by atoms with Gasteiger partial charge in [0.1, 0.15) is 4.88 Å². The Bertz CT molecular complexity index is 453. The Kier molecular flexibility index (Phi) is 3.75. The lowest BCUT2D eigenvalue weighted by Gasteiger charge is -2.37. The number of nitrogens with two attached hydrogens (primary N) is 1. The topological polar surface area (TPSA) is 49.6 Å². The first-order valence-corrected chi connectivity index (χ1v) is 8.00. The lowest BCUT2D eigenvalue weighted by molar-refractivity contribution is 0.0613. The molecule has 19 heavy (non-hydrogen) atoms. The molecule has 2 fully saturated rings. The number of hydrogen-bond acceptors (Lipinski definition) is 4. The van der Waals surface area contributed by atoms with E-state index in [1.165, 1.54) is 43.7 Å². The molecular weight excluding hydrogens is 258 g/mol. The second kappa shape index (κ2) is 5.51. The van der Waals surface area contributed by atoms with Gasteiger partial charge in [-0.05, 0) is 50.2 Å². The van der Waals surface area contributed by atoms with Crippen LogP contribution in [0.15, 0.2) is 11.4 Å². The van der Waals surface area contributed by atoms with Gasteiger partial charge in [0, 0.05) is 19.1 Å². The van der Waals surface area contributed by atoms with Crippen molar-refractivity contribution in [2.75, 3.05) is 31.9 Å². The summed E-state index contributed by atoms with van der Waals surface area (Å²) in [4.78, 5) is 17.7. The number of carbonyl (C=O) groups excluding carboxylic acids is 1. The molecule has 1 amide bonds. The van der Waals surface area contributed by atoms with Crippen LogP contribution < -0.4 is 5.73 Å². The summed E-state index contributed by atoms with van der Waals surface area (Å²) < 4.78 is 0. The highest BCUT2D eigenvalue weighted by atomic mass is 32.1. The summed E-state index contributed by atoms with van der Waals surface area (Å²) in [5.74, 6) is 0.122. The molecule has 0 aliphatic carbocycles. The lowest BCUT2D eigenvalue weighted by Crippen LogP contribution is -2.48. The molecule has 2 saturated heterocycles. The minimum Gasteiger partial charge on any atom is -0.397 e. The molecule has 2 aliphatic heterocycles. The summed E-state index contributed by atoms with van der Waals surface area (Å²) in [6.45, 7) is 4.15. The SMILES string of the molecule is Nc1ccsc1C(=O)N1CCCC(N2CCCC2)C1. The quantitative estimate of drug-likeness (QED) is 0.901. The Hall–Kier alpha value is -1.07. The Labute approximate surface area is 118 Å². The van der Waals surface area contributed by atoms with Crippen LogP contribution in [0, 0.1) is 0 Å². The third-order valence-corrected chi connectivity index (χ3v) is 5.15. The van der Waals surface area contributed by atoms with E-state index in [1.807, 2.05) is 16.3 Å². The Morgan fingerprint density at radius 2 is 2.05 bits per heavy atom. The van der Waals surface area contributed by atoms with E-state index < -0.39 is 0 Å². The average Bonchev–Trinajstić information content (AvgIpc) is 3.09. The van der Waals surface area contributed by atoms with Crippen LogP contribution in [-0.2, 0) is 0 Å². The van der Waals surface area contributed by atoms with E-state index in [-0.39, 0.29) is 5.91 Å². The summed E-state index contributed by atoms with van der Waals surface area (Å²) in [6, 6.07) is 2.38. The van der Waals surface area contributed by atoms with Gasteiger partial charge in [-0.1, -0.05) is 0 Å². The van der Waals surface area contributed by atoms with Gasteiger partial charge in [-0.2, -0.15) is 0 Å². The first-order valence-electron chi connectivity index (χ1n) is 7.12. The van der Waals surface area contributed by atoms with E-state index >= 15 is 0 Å².